The first kappa shape index (κ1) is 27.3. The molecule has 0 fully saturated rings. The van der Waals surface area contributed by atoms with E-state index in [4.69, 9.17) is 0 Å². The molecule has 34 heavy (non-hydrogen) atoms. The van der Waals surface area contributed by atoms with Crippen molar-refractivity contribution in [3.63, 3.8) is 0 Å². The normalized spacial score (nSPS) is 16.9. The van der Waals surface area contributed by atoms with Gasteiger partial charge in [-0.25, -0.2) is 4.79 Å². The van der Waals surface area contributed by atoms with Gasteiger partial charge in [-0.1, -0.05) is 6.08 Å². The molecule has 0 saturated heterocycles. The number of hydrogen-bond donors (Lipinski definition) is 3. The number of rotatable bonds is 6. The van der Waals surface area contributed by atoms with Crippen molar-refractivity contribution in [2.45, 2.75) is 45.1 Å². The zero-order chi connectivity index (χ0) is 25.7. The van der Waals surface area contributed by atoms with Gasteiger partial charge in [-0.05, 0) is 57.5 Å². The fourth-order valence-corrected chi connectivity index (χ4v) is 3.21. The fraction of sp³-hybridized carbons (Fsp3) is 0.545. The van der Waals surface area contributed by atoms with Gasteiger partial charge in [-0.15, -0.1) is 0 Å². The molecule has 0 spiro atoms. The fourth-order valence-electron chi connectivity index (χ4n) is 3.21. The Balaban J connectivity index is 1.89. The SMILES string of the molecule is CC(C)(C)NC(=O)NCCN1C=CC(CNC(=O)c2cc(C(F)(F)F)cc(C(F)(F)F)c2)CC1. The summed E-state index contributed by atoms with van der Waals surface area (Å²) in [6.45, 7) is 7.22. The third-order valence-corrected chi connectivity index (χ3v) is 4.90. The molecular formula is C22H28F6N4O2. The molecule has 12 heteroatoms. The zero-order valence-electron chi connectivity index (χ0n) is 19.0. The number of urea groups is 1. The van der Waals surface area contributed by atoms with Crippen LogP contribution in [0.5, 0.6) is 0 Å². The summed E-state index contributed by atoms with van der Waals surface area (Å²) in [5.41, 5.74) is -4.13. The van der Waals surface area contributed by atoms with E-state index in [-0.39, 0.29) is 30.1 Å². The van der Waals surface area contributed by atoms with Crippen molar-refractivity contribution in [1.29, 1.82) is 0 Å². The molecule has 0 aromatic heterocycles. The second-order valence-electron chi connectivity index (χ2n) is 9.06. The molecule has 1 aromatic rings. The molecule has 0 bridgehead atoms. The minimum atomic E-state index is -5.02. The highest BCUT2D eigenvalue weighted by atomic mass is 19.4. The molecule has 0 radical (unpaired) electrons. The lowest BCUT2D eigenvalue weighted by Crippen LogP contribution is -2.48. The zero-order valence-corrected chi connectivity index (χ0v) is 19.0. The predicted molar refractivity (Wildman–Crippen MR) is 114 cm³/mol. The molecule has 1 atom stereocenters. The van der Waals surface area contributed by atoms with Crippen molar-refractivity contribution < 1.29 is 35.9 Å². The van der Waals surface area contributed by atoms with Gasteiger partial charge in [0.05, 0.1) is 11.1 Å². The number of hydrogen-bond acceptors (Lipinski definition) is 3. The molecule has 1 aromatic carbocycles. The number of carbonyl (C=O) groups excluding carboxylic acids is 2. The van der Waals surface area contributed by atoms with Gasteiger partial charge in [-0.3, -0.25) is 4.79 Å². The van der Waals surface area contributed by atoms with Crippen LogP contribution in [0.4, 0.5) is 31.1 Å². The smallest absolute Gasteiger partial charge is 0.376 e. The average Bonchev–Trinajstić information content (AvgIpc) is 2.70. The van der Waals surface area contributed by atoms with E-state index in [2.05, 4.69) is 16.0 Å². The van der Waals surface area contributed by atoms with Crippen molar-refractivity contribution >= 4 is 11.9 Å². The second kappa shape index (κ2) is 10.6. The number of amides is 3. The maximum Gasteiger partial charge on any atom is 0.416 e. The van der Waals surface area contributed by atoms with Crippen LogP contribution in [0.3, 0.4) is 0 Å². The summed E-state index contributed by atoms with van der Waals surface area (Å²) in [5.74, 6) is -1.15. The summed E-state index contributed by atoms with van der Waals surface area (Å²) in [6, 6.07) is 0.520. The van der Waals surface area contributed by atoms with E-state index >= 15 is 0 Å². The number of benzene rings is 1. The van der Waals surface area contributed by atoms with Crippen LogP contribution in [0.25, 0.3) is 0 Å². The molecule has 1 aliphatic heterocycles. The highest BCUT2D eigenvalue weighted by molar-refractivity contribution is 5.94. The van der Waals surface area contributed by atoms with E-state index in [0.29, 0.717) is 38.2 Å². The van der Waals surface area contributed by atoms with Crippen molar-refractivity contribution in [2.75, 3.05) is 26.2 Å². The van der Waals surface area contributed by atoms with Crippen LogP contribution in [0.15, 0.2) is 30.5 Å². The molecular weight excluding hydrogens is 466 g/mol. The molecule has 0 aliphatic carbocycles. The molecule has 3 amide bonds. The monoisotopic (exact) mass is 494 g/mol. The number of carbonyl (C=O) groups is 2. The van der Waals surface area contributed by atoms with Crippen LogP contribution in [-0.4, -0.2) is 48.6 Å². The topological polar surface area (TPSA) is 73.5 Å². The summed E-state index contributed by atoms with van der Waals surface area (Å²) >= 11 is 0. The molecule has 2 rings (SSSR count). The summed E-state index contributed by atoms with van der Waals surface area (Å²) < 4.78 is 77.9. The van der Waals surface area contributed by atoms with Crippen LogP contribution in [0.2, 0.25) is 0 Å². The highest BCUT2D eigenvalue weighted by Gasteiger charge is 2.37. The lowest BCUT2D eigenvalue weighted by atomic mass is 10.0. The summed E-state index contributed by atoms with van der Waals surface area (Å²) in [5, 5.41) is 7.93. The number of nitrogens with zero attached hydrogens (tertiary/aromatic N) is 1. The first-order valence-electron chi connectivity index (χ1n) is 10.6. The number of halogens is 6. The Morgan fingerprint density at radius 2 is 1.56 bits per heavy atom. The Kier molecular flexibility index (Phi) is 8.49. The van der Waals surface area contributed by atoms with E-state index in [9.17, 15) is 35.9 Å². The van der Waals surface area contributed by atoms with Crippen LogP contribution in [0.1, 0.15) is 48.7 Å². The second-order valence-corrected chi connectivity index (χ2v) is 9.06. The molecule has 6 nitrogen and oxygen atoms in total. The standard InChI is InChI=1S/C22H28F6N4O2/c1-20(2,3)31-19(34)29-6-9-32-7-4-14(5-8-32)13-30-18(33)15-10-16(21(23,24)25)12-17(11-15)22(26,27)28/h4,7,10-12,14H,5-6,8-9,13H2,1-3H3,(H,30,33)(H2,29,31,34). The first-order valence-corrected chi connectivity index (χ1v) is 10.6. The molecule has 190 valence electrons. The Bertz CT molecular complexity index is 874. The van der Waals surface area contributed by atoms with Crippen LogP contribution in [-0.2, 0) is 12.4 Å². The van der Waals surface area contributed by atoms with Crippen molar-refractivity contribution in [1.82, 2.24) is 20.9 Å². The van der Waals surface area contributed by atoms with Crippen LogP contribution in [0, 0.1) is 5.92 Å². The van der Waals surface area contributed by atoms with Gasteiger partial charge in [0.1, 0.15) is 0 Å². The summed E-state index contributed by atoms with van der Waals surface area (Å²) in [4.78, 5) is 26.0. The van der Waals surface area contributed by atoms with Crippen molar-refractivity contribution in [3.8, 4) is 0 Å². The Hall–Kier alpha value is -2.92. The minimum absolute atomic E-state index is 0.0170. The number of alkyl halides is 6. The predicted octanol–water partition coefficient (Wildman–Crippen LogP) is 4.39. The van der Waals surface area contributed by atoms with E-state index in [1.54, 1.807) is 12.3 Å². The van der Waals surface area contributed by atoms with Gasteiger partial charge in [0, 0.05) is 37.3 Å². The maximum atomic E-state index is 13.0. The largest absolute Gasteiger partial charge is 0.416 e. The maximum absolute atomic E-state index is 13.0. The van der Waals surface area contributed by atoms with Gasteiger partial charge >= 0.3 is 18.4 Å². The summed E-state index contributed by atoms with van der Waals surface area (Å²) in [7, 11) is 0. The Morgan fingerprint density at radius 3 is 2.03 bits per heavy atom. The van der Waals surface area contributed by atoms with Crippen LogP contribution < -0.4 is 16.0 Å². The molecule has 1 aliphatic rings. The molecule has 3 N–H and O–H groups in total. The lowest BCUT2D eigenvalue weighted by Gasteiger charge is -2.28. The molecule has 1 heterocycles. The van der Waals surface area contributed by atoms with Crippen LogP contribution >= 0.6 is 0 Å². The van der Waals surface area contributed by atoms with Gasteiger partial charge in [0.15, 0.2) is 0 Å². The highest BCUT2D eigenvalue weighted by Crippen LogP contribution is 2.36. The van der Waals surface area contributed by atoms with E-state index in [0.717, 1.165) is 0 Å². The summed E-state index contributed by atoms with van der Waals surface area (Å²) in [6.07, 6.45) is -5.84. The van der Waals surface area contributed by atoms with E-state index < -0.39 is 35.0 Å². The van der Waals surface area contributed by atoms with Gasteiger partial charge in [0.25, 0.3) is 5.91 Å². The number of nitrogens with one attached hydrogen (secondary N) is 3. The first-order chi connectivity index (χ1) is 15.5. The molecule has 1 unspecified atom stereocenters. The lowest BCUT2D eigenvalue weighted by molar-refractivity contribution is -0.143. The van der Waals surface area contributed by atoms with E-state index in [1.165, 1.54) is 0 Å². The third kappa shape index (κ3) is 8.79. The Labute approximate surface area is 193 Å². The Morgan fingerprint density at radius 1 is 0.971 bits per heavy atom. The quantitative estimate of drug-likeness (QED) is 0.514. The average molecular weight is 494 g/mol. The van der Waals surface area contributed by atoms with Crippen molar-refractivity contribution in [2.24, 2.45) is 5.92 Å². The van der Waals surface area contributed by atoms with E-state index in [1.807, 2.05) is 25.7 Å². The third-order valence-electron chi connectivity index (χ3n) is 4.90. The van der Waals surface area contributed by atoms with Gasteiger partial charge in [0.2, 0.25) is 0 Å². The van der Waals surface area contributed by atoms with Gasteiger partial charge < -0.3 is 20.9 Å². The minimum Gasteiger partial charge on any atom is -0.376 e. The van der Waals surface area contributed by atoms with Gasteiger partial charge in [-0.2, -0.15) is 26.3 Å². The molecule has 0 saturated carbocycles. The van der Waals surface area contributed by atoms with Crippen molar-refractivity contribution in [3.05, 3.63) is 47.2 Å².